The average Bonchev–Trinajstić information content (AvgIpc) is 2.38. The molecule has 0 fully saturated rings. The zero-order valence-electron chi connectivity index (χ0n) is 10.5. The lowest BCUT2D eigenvalue weighted by atomic mass is 10.1. The van der Waals surface area contributed by atoms with Crippen molar-refractivity contribution in [2.75, 3.05) is 11.9 Å². The van der Waals surface area contributed by atoms with E-state index < -0.39 is 6.10 Å². The second kappa shape index (κ2) is 6.17. The van der Waals surface area contributed by atoms with Crippen LogP contribution in [0.2, 0.25) is 0 Å². The van der Waals surface area contributed by atoms with Crippen LogP contribution in [0.3, 0.4) is 0 Å². The quantitative estimate of drug-likeness (QED) is 0.889. The topological polar surface area (TPSA) is 32.3 Å². The molecule has 0 amide bonds. The Kier molecular flexibility index (Phi) is 4.56. The van der Waals surface area contributed by atoms with Crippen LogP contribution in [0.4, 0.5) is 10.1 Å². The van der Waals surface area contributed by atoms with Crippen molar-refractivity contribution >= 4 is 21.6 Å². The normalized spacial score (nSPS) is 12.2. The van der Waals surface area contributed by atoms with E-state index in [4.69, 9.17) is 0 Å². The molecule has 100 valence electrons. The third kappa shape index (κ3) is 3.78. The molecule has 2 rings (SSSR count). The molecule has 0 saturated carbocycles. The summed E-state index contributed by atoms with van der Waals surface area (Å²) < 4.78 is 13.7. The number of aryl methyl sites for hydroxylation is 1. The zero-order valence-corrected chi connectivity index (χ0v) is 12.1. The fourth-order valence-corrected chi connectivity index (χ4v) is 2.41. The lowest BCUT2D eigenvalue weighted by Crippen LogP contribution is -2.12. The molecule has 0 aliphatic heterocycles. The van der Waals surface area contributed by atoms with Crippen molar-refractivity contribution in [3.8, 4) is 0 Å². The highest BCUT2D eigenvalue weighted by Crippen LogP contribution is 2.24. The summed E-state index contributed by atoms with van der Waals surface area (Å²) in [6.07, 6.45) is -0.672. The summed E-state index contributed by atoms with van der Waals surface area (Å²) in [5.74, 6) is -0.301. The van der Waals surface area contributed by atoms with Gasteiger partial charge in [0, 0.05) is 16.7 Å². The van der Waals surface area contributed by atoms with Gasteiger partial charge in [-0.05, 0) is 58.2 Å². The van der Waals surface area contributed by atoms with Gasteiger partial charge < -0.3 is 10.4 Å². The first kappa shape index (κ1) is 14.0. The molecule has 0 saturated heterocycles. The van der Waals surface area contributed by atoms with Gasteiger partial charge in [-0.3, -0.25) is 0 Å². The predicted octanol–water partition coefficient (Wildman–Crippen LogP) is 4.04. The molecule has 0 aliphatic rings. The Balaban J connectivity index is 2.00. The van der Waals surface area contributed by atoms with E-state index in [1.54, 1.807) is 12.1 Å². The minimum absolute atomic E-state index is 0.301. The highest BCUT2D eigenvalue weighted by molar-refractivity contribution is 9.10. The molecule has 0 heterocycles. The van der Waals surface area contributed by atoms with Crippen LogP contribution in [0, 0.1) is 12.7 Å². The Hall–Kier alpha value is -1.39. The second-order valence-corrected chi connectivity index (χ2v) is 5.29. The van der Waals surface area contributed by atoms with E-state index in [0.29, 0.717) is 12.1 Å². The minimum atomic E-state index is -0.672. The van der Waals surface area contributed by atoms with Crippen LogP contribution in [-0.4, -0.2) is 11.7 Å². The SMILES string of the molecule is Cc1ccc(NCC(O)c2ccc(F)cc2)c(Br)c1. The maximum absolute atomic E-state index is 12.8. The van der Waals surface area contributed by atoms with Gasteiger partial charge in [-0.2, -0.15) is 0 Å². The number of nitrogens with one attached hydrogen (secondary N) is 1. The summed E-state index contributed by atoms with van der Waals surface area (Å²) in [6.45, 7) is 2.38. The van der Waals surface area contributed by atoms with Gasteiger partial charge in [0.05, 0.1) is 6.10 Å². The highest BCUT2D eigenvalue weighted by Gasteiger charge is 2.08. The molecule has 0 spiro atoms. The van der Waals surface area contributed by atoms with E-state index in [1.807, 2.05) is 25.1 Å². The maximum Gasteiger partial charge on any atom is 0.123 e. The van der Waals surface area contributed by atoms with Crippen LogP contribution in [0.15, 0.2) is 46.9 Å². The van der Waals surface area contributed by atoms with E-state index >= 15 is 0 Å². The molecule has 2 aromatic rings. The molecule has 0 aromatic heterocycles. The highest BCUT2D eigenvalue weighted by atomic mass is 79.9. The molecule has 2 aromatic carbocycles. The van der Waals surface area contributed by atoms with Crippen LogP contribution in [0.1, 0.15) is 17.2 Å². The monoisotopic (exact) mass is 323 g/mol. The zero-order chi connectivity index (χ0) is 13.8. The Bertz CT molecular complexity index is 557. The van der Waals surface area contributed by atoms with E-state index in [2.05, 4.69) is 21.2 Å². The Morgan fingerprint density at radius 1 is 1.21 bits per heavy atom. The van der Waals surface area contributed by atoms with E-state index in [9.17, 15) is 9.50 Å². The number of anilines is 1. The van der Waals surface area contributed by atoms with Crippen molar-refractivity contribution in [2.24, 2.45) is 0 Å². The fraction of sp³-hybridized carbons (Fsp3) is 0.200. The largest absolute Gasteiger partial charge is 0.387 e. The second-order valence-electron chi connectivity index (χ2n) is 4.43. The minimum Gasteiger partial charge on any atom is -0.387 e. The van der Waals surface area contributed by atoms with Gasteiger partial charge in [0.2, 0.25) is 0 Å². The smallest absolute Gasteiger partial charge is 0.123 e. The van der Waals surface area contributed by atoms with Crippen molar-refractivity contribution in [3.63, 3.8) is 0 Å². The Morgan fingerprint density at radius 3 is 2.53 bits per heavy atom. The van der Waals surface area contributed by atoms with Crippen LogP contribution >= 0.6 is 15.9 Å². The first-order valence-corrected chi connectivity index (χ1v) is 6.79. The molecule has 2 N–H and O–H groups in total. The van der Waals surface area contributed by atoms with Crippen LogP contribution < -0.4 is 5.32 Å². The van der Waals surface area contributed by atoms with Crippen molar-refractivity contribution in [2.45, 2.75) is 13.0 Å². The molecule has 0 radical (unpaired) electrons. The molecule has 1 atom stereocenters. The molecule has 19 heavy (non-hydrogen) atoms. The van der Waals surface area contributed by atoms with E-state index in [-0.39, 0.29) is 5.82 Å². The number of hydrogen-bond donors (Lipinski definition) is 2. The standard InChI is InChI=1S/C15H15BrFNO/c1-10-2-7-14(13(16)8-10)18-9-15(19)11-3-5-12(17)6-4-11/h2-8,15,18-19H,9H2,1H3. The molecular formula is C15H15BrFNO. The van der Waals surface area contributed by atoms with Gasteiger partial charge in [-0.15, -0.1) is 0 Å². The number of aliphatic hydroxyl groups is 1. The first-order valence-electron chi connectivity index (χ1n) is 6.00. The van der Waals surface area contributed by atoms with Crippen molar-refractivity contribution in [1.29, 1.82) is 0 Å². The third-order valence-corrected chi connectivity index (χ3v) is 3.52. The van der Waals surface area contributed by atoms with E-state index in [1.165, 1.54) is 12.1 Å². The lowest BCUT2D eigenvalue weighted by molar-refractivity contribution is 0.191. The summed E-state index contributed by atoms with van der Waals surface area (Å²) in [4.78, 5) is 0. The summed E-state index contributed by atoms with van der Waals surface area (Å²) in [5.41, 5.74) is 2.78. The van der Waals surface area contributed by atoms with Crippen LogP contribution in [0.5, 0.6) is 0 Å². The predicted molar refractivity (Wildman–Crippen MR) is 78.7 cm³/mol. The van der Waals surface area contributed by atoms with Crippen LogP contribution in [0.25, 0.3) is 0 Å². The van der Waals surface area contributed by atoms with Gasteiger partial charge in [0.25, 0.3) is 0 Å². The summed E-state index contributed by atoms with van der Waals surface area (Å²) in [5, 5.41) is 13.2. The number of hydrogen-bond acceptors (Lipinski definition) is 2. The lowest BCUT2D eigenvalue weighted by Gasteiger charge is -2.14. The van der Waals surface area contributed by atoms with Gasteiger partial charge in [-0.1, -0.05) is 18.2 Å². The van der Waals surface area contributed by atoms with Crippen molar-refractivity contribution in [3.05, 3.63) is 63.9 Å². The molecule has 4 heteroatoms. The van der Waals surface area contributed by atoms with Gasteiger partial charge in [0.1, 0.15) is 5.82 Å². The van der Waals surface area contributed by atoms with Crippen molar-refractivity contribution < 1.29 is 9.50 Å². The third-order valence-electron chi connectivity index (χ3n) is 2.87. The summed E-state index contributed by atoms with van der Waals surface area (Å²) >= 11 is 3.47. The maximum atomic E-state index is 12.8. The summed E-state index contributed by atoms with van der Waals surface area (Å²) in [7, 11) is 0. The van der Waals surface area contributed by atoms with Gasteiger partial charge in [-0.25, -0.2) is 4.39 Å². The van der Waals surface area contributed by atoms with Crippen molar-refractivity contribution in [1.82, 2.24) is 0 Å². The Morgan fingerprint density at radius 2 is 1.89 bits per heavy atom. The average molecular weight is 324 g/mol. The van der Waals surface area contributed by atoms with Gasteiger partial charge in [0.15, 0.2) is 0 Å². The molecule has 0 bridgehead atoms. The Labute approximate surface area is 120 Å². The first-order chi connectivity index (χ1) is 9.06. The summed E-state index contributed by atoms with van der Waals surface area (Å²) in [6, 6.07) is 11.8. The number of rotatable bonds is 4. The number of aliphatic hydroxyl groups excluding tert-OH is 1. The molecule has 2 nitrogen and oxygen atoms in total. The molecule has 0 aliphatic carbocycles. The molecule has 1 unspecified atom stereocenters. The van der Waals surface area contributed by atoms with E-state index in [0.717, 1.165) is 15.7 Å². The number of benzene rings is 2. The number of halogens is 2. The fourth-order valence-electron chi connectivity index (χ4n) is 1.77. The van der Waals surface area contributed by atoms with Gasteiger partial charge >= 0.3 is 0 Å². The van der Waals surface area contributed by atoms with Crippen LogP contribution in [-0.2, 0) is 0 Å². The molecular weight excluding hydrogens is 309 g/mol.